The van der Waals surface area contributed by atoms with Gasteiger partial charge in [0, 0.05) is 11.8 Å². The predicted molar refractivity (Wildman–Crippen MR) is 63.6 cm³/mol. The quantitative estimate of drug-likeness (QED) is 0.789. The van der Waals surface area contributed by atoms with E-state index in [1.54, 1.807) is 0 Å². The highest BCUT2D eigenvalue weighted by Gasteiger charge is 2.32. The van der Waals surface area contributed by atoms with Gasteiger partial charge in [-0.3, -0.25) is 4.79 Å². The molecule has 0 fully saturated rings. The van der Waals surface area contributed by atoms with Crippen LogP contribution in [0.3, 0.4) is 0 Å². The smallest absolute Gasteiger partial charge is 0.295 e. The van der Waals surface area contributed by atoms with Gasteiger partial charge in [-0.1, -0.05) is 11.6 Å². The number of alkyl halides is 3. The maximum absolute atomic E-state index is 12.5. The number of benzene rings is 1. The number of carbonyl (C=O) groups is 1. The third-order valence-corrected chi connectivity index (χ3v) is 2.81. The molecule has 0 radical (unpaired) electrons. The van der Waals surface area contributed by atoms with Crippen LogP contribution in [-0.2, 0) is 6.18 Å². The molecule has 0 N–H and O–H groups in total. The van der Waals surface area contributed by atoms with Gasteiger partial charge in [-0.25, -0.2) is 4.68 Å². The predicted octanol–water partition coefficient (Wildman–Crippen LogP) is 3.75. The van der Waals surface area contributed by atoms with Crippen LogP contribution < -0.4 is 0 Å². The van der Waals surface area contributed by atoms with Crippen molar-refractivity contribution >= 4 is 17.4 Å². The van der Waals surface area contributed by atoms with Crippen molar-refractivity contribution in [3.63, 3.8) is 0 Å². The van der Waals surface area contributed by atoms with Crippen LogP contribution in [0.2, 0.25) is 5.02 Å². The SMILES string of the molecule is CC(=O)c1ccc(-n2cc(C(F)(F)F)cn2)c(Cl)c1. The van der Waals surface area contributed by atoms with Gasteiger partial charge < -0.3 is 0 Å². The molecular weight excluding hydrogens is 281 g/mol. The van der Waals surface area contributed by atoms with E-state index in [-0.39, 0.29) is 16.5 Å². The minimum absolute atomic E-state index is 0.157. The summed E-state index contributed by atoms with van der Waals surface area (Å²) >= 11 is 5.94. The van der Waals surface area contributed by atoms with Gasteiger partial charge in [-0.2, -0.15) is 18.3 Å². The Kier molecular flexibility index (Phi) is 3.36. The molecule has 3 nitrogen and oxygen atoms in total. The van der Waals surface area contributed by atoms with E-state index in [0.717, 1.165) is 17.1 Å². The van der Waals surface area contributed by atoms with E-state index >= 15 is 0 Å². The van der Waals surface area contributed by atoms with E-state index in [4.69, 9.17) is 11.6 Å². The Bertz CT molecular complexity index is 634. The number of halogens is 4. The number of hydrogen-bond acceptors (Lipinski definition) is 2. The van der Waals surface area contributed by atoms with Gasteiger partial charge in [0.1, 0.15) is 0 Å². The van der Waals surface area contributed by atoms with Gasteiger partial charge >= 0.3 is 6.18 Å². The lowest BCUT2D eigenvalue weighted by molar-refractivity contribution is -0.137. The standard InChI is InChI=1S/C12H8ClF3N2O/c1-7(19)8-2-3-11(10(13)4-8)18-6-9(5-17-18)12(14,15)16/h2-6H,1H3. The Morgan fingerprint density at radius 2 is 2.05 bits per heavy atom. The van der Waals surface area contributed by atoms with Crippen molar-refractivity contribution in [2.45, 2.75) is 13.1 Å². The highest BCUT2D eigenvalue weighted by molar-refractivity contribution is 6.32. The summed E-state index contributed by atoms with van der Waals surface area (Å²) in [5, 5.41) is 3.77. The average molecular weight is 289 g/mol. The third kappa shape index (κ3) is 2.78. The molecule has 0 aliphatic rings. The molecule has 0 amide bonds. The lowest BCUT2D eigenvalue weighted by Crippen LogP contribution is -2.03. The van der Waals surface area contributed by atoms with Gasteiger partial charge in [0.25, 0.3) is 0 Å². The van der Waals surface area contributed by atoms with Crippen molar-refractivity contribution in [2.24, 2.45) is 0 Å². The first kappa shape index (κ1) is 13.6. The summed E-state index contributed by atoms with van der Waals surface area (Å²) in [4.78, 5) is 11.2. The summed E-state index contributed by atoms with van der Waals surface area (Å²) in [6.07, 6.45) is -2.89. The summed E-state index contributed by atoms with van der Waals surface area (Å²) in [7, 11) is 0. The normalized spacial score (nSPS) is 11.6. The molecule has 1 aromatic carbocycles. The molecule has 0 atom stereocenters. The minimum Gasteiger partial charge on any atom is -0.295 e. The second-order valence-corrected chi connectivity index (χ2v) is 4.30. The molecule has 0 bridgehead atoms. The Balaban J connectivity index is 2.43. The Hall–Kier alpha value is -1.82. The van der Waals surface area contributed by atoms with Crippen LogP contribution in [0.5, 0.6) is 0 Å². The minimum atomic E-state index is -4.45. The number of carbonyl (C=O) groups excluding carboxylic acids is 1. The fourth-order valence-electron chi connectivity index (χ4n) is 1.51. The summed E-state index contributed by atoms with van der Waals surface area (Å²) < 4.78 is 38.4. The zero-order valence-corrected chi connectivity index (χ0v) is 10.5. The third-order valence-electron chi connectivity index (χ3n) is 2.51. The van der Waals surface area contributed by atoms with Crippen LogP contribution >= 0.6 is 11.6 Å². The monoisotopic (exact) mass is 288 g/mol. The second-order valence-electron chi connectivity index (χ2n) is 3.89. The highest BCUT2D eigenvalue weighted by atomic mass is 35.5. The van der Waals surface area contributed by atoms with Gasteiger partial charge in [-0.15, -0.1) is 0 Å². The fraction of sp³-hybridized carbons (Fsp3) is 0.167. The number of aromatic nitrogens is 2. The van der Waals surface area contributed by atoms with Crippen LogP contribution in [0, 0.1) is 0 Å². The maximum Gasteiger partial charge on any atom is 0.419 e. The van der Waals surface area contributed by atoms with E-state index in [1.165, 1.54) is 25.1 Å². The zero-order valence-electron chi connectivity index (χ0n) is 9.70. The van der Waals surface area contributed by atoms with Gasteiger partial charge in [0.15, 0.2) is 5.78 Å². The molecule has 0 aliphatic heterocycles. The molecule has 7 heteroatoms. The first-order chi connectivity index (χ1) is 8.79. The first-order valence-corrected chi connectivity index (χ1v) is 5.59. The van der Waals surface area contributed by atoms with E-state index in [1.807, 2.05) is 0 Å². The highest BCUT2D eigenvalue weighted by Crippen LogP contribution is 2.30. The molecule has 0 saturated heterocycles. The van der Waals surface area contributed by atoms with E-state index in [2.05, 4.69) is 5.10 Å². The van der Waals surface area contributed by atoms with Gasteiger partial charge in [0.05, 0.1) is 22.5 Å². The Morgan fingerprint density at radius 1 is 1.37 bits per heavy atom. The van der Waals surface area contributed by atoms with Crippen LogP contribution in [0.15, 0.2) is 30.6 Å². The topological polar surface area (TPSA) is 34.9 Å². The summed E-state index contributed by atoms with van der Waals surface area (Å²) in [6.45, 7) is 1.38. The largest absolute Gasteiger partial charge is 0.419 e. The van der Waals surface area contributed by atoms with Crippen molar-refractivity contribution < 1.29 is 18.0 Å². The summed E-state index contributed by atoms with van der Waals surface area (Å²) in [5.41, 5.74) is -0.196. The first-order valence-electron chi connectivity index (χ1n) is 5.22. The summed E-state index contributed by atoms with van der Waals surface area (Å²) in [5.74, 6) is -0.176. The van der Waals surface area contributed by atoms with Crippen molar-refractivity contribution in [1.82, 2.24) is 9.78 Å². The number of rotatable bonds is 2. The van der Waals surface area contributed by atoms with Crippen LogP contribution in [0.25, 0.3) is 5.69 Å². The molecule has 100 valence electrons. The molecule has 1 aromatic heterocycles. The molecule has 2 aromatic rings. The number of hydrogen-bond donors (Lipinski definition) is 0. The van der Waals surface area contributed by atoms with Crippen molar-refractivity contribution in [2.75, 3.05) is 0 Å². The van der Waals surface area contributed by atoms with Crippen molar-refractivity contribution in [1.29, 1.82) is 0 Å². The Morgan fingerprint density at radius 3 is 2.53 bits per heavy atom. The average Bonchev–Trinajstić information content (AvgIpc) is 2.77. The molecule has 0 aliphatic carbocycles. The van der Waals surface area contributed by atoms with E-state index in [0.29, 0.717) is 5.56 Å². The molecule has 0 saturated carbocycles. The van der Waals surface area contributed by atoms with Crippen molar-refractivity contribution in [3.05, 3.63) is 46.7 Å². The van der Waals surface area contributed by atoms with Crippen LogP contribution in [-0.4, -0.2) is 15.6 Å². The lowest BCUT2D eigenvalue weighted by Gasteiger charge is -2.06. The molecule has 1 heterocycles. The summed E-state index contributed by atoms with van der Waals surface area (Å²) in [6, 6.07) is 4.33. The van der Waals surface area contributed by atoms with Crippen LogP contribution in [0.1, 0.15) is 22.8 Å². The van der Waals surface area contributed by atoms with E-state index in [9.17, 15) is 18.0 Å². The van der Waals surface area contributed by atoms with Crippen molar-refractivity contribution in [3.8, 4) is 5.69 Å². The fourth-order valence-corrected chi connectivity index (χ4v) is 1.78. The Labute approximate surface area is 111 Å². The zero-order chi connectivity index (χ0) is 14.2. The van der Waals surface area contributed by atoms with E-state index < -0.39 is 11.7 Å². The molecule has 0 unspecified atom stereocenters. The lowest BCUT2D eigenvalue weighted by atomic mass is 10.1. The molecule has 2 rings (SSSR count). The van der Waals surface area contributed by atoms with Crippen LogP contribution in [0.4, 0.5) is 13.2 Å². The molecule has 19 heavy (non-hydrogen) atoms. The number of ketones is 1. The molecular formula is C12H8ClF3N2O. The maximum atomic E-state index is 12.5. The van der Waals surface area contributed by atoms with Gasteiger partial charge in [-0.05, 0) is 25.1 Å². The number of Topliss-reactive ketones (excluding diaryl/α,β-unsaturated/α-hetero) is 1. The molecule has 0 spiro atoms. The number of nitrogens with zero attached hydrogens (tertiary/aromatic N) is 2. The second kappa shape index (κ2) is 4.70. The van der Waals surface area contributed by atoms with Gasteiger partial charge in [0.2, 0.25) is 0 Å².